The van der Waals surface area contributed by atoms with Gasteiger partial charge in [0.15, 0.2) is 5.13 Å². The van der Waals surface area contributed by atoms with Gasteiger partial charge in [-0.3, -0.25) is 14.4 Å². The molecule has 0 saturated carbocycles. The van der Waals surface area contributed by atoms with Crippen LogP contribution in [0.25, 0.3) is 0 Å². The topological polar surface area (TPSA) is 79.4 Å². The average molecular weight is 351 g/mol. The number of hydrogen-bond donors (Lipinski definition) is 1. The number of rotatable bonds is 3. The van der Waals surface area contributed by atoms with Crippen molar-refractivity contribution in [2.24, 2.45) is 0 Å². The van der Waals surface area contributed by atoms with Gasteiger partial charge in [-0.25, -0.2) is 13.4 Å². The molecule has 1 aliphatic heterocycles. The van der Waals surface area contributed by atoms with Gasteiger partial charge in [0.25, 0.3) is 5.91 Å². The third-order valence-electron chi connectivity index (χ3n) is 3.69. The summed E-state index contributed by atoms with van der Waals surface area (Å²) in [6.07, 6.45) is 3.50. The minimum atomic E-state index is -3.32. The lowest BCUT2D eigenvalue weighted by Gasteiger charge is -2.21. The predicted molar refractivity (Wildman–Crippen MR) is 91.7 cm³/mol. The van der Waals surface area contributed by atoms with Crippen LogP contribution < -0.4 is 9.62 Å². The third-order valence-corrected chi connectivity index (χ3v) is 5.79. The van der Waals surface area contributed by atoms with Gasteiger partial charge in [-0.05, 0) is 44.0 Å². The van der Waals surface area contributed by atoms with Crippen molar-refractivity contribution in [3.8, 4) is 0 Å². The van der Waals surface area contributed by atoms with E-state index in [1.165, 1.54) is 21.9 Å². The minimum Gasteiger partial charge on any atom is -0.298 e. The summed E-state index contributed by atoms with van der Waals surface area (Å²) < 4.78 is 25.2. The second-order valence-electron chi connectivity index (χ2n) is 5.69. The zero-order valence-electron chi connectivity index (χ0n) is 13.0. The van der Waals surface area contributed by atoms with E-state index in [0.29, 0.717) is 22.8 Å². The Labute approximate surface area is 139 Å². The van der Waals surface area contributed by atoms with Gasteiger partial charge >= 0.3 is 0 Å². The van der Waals surface area contributed by atoms with E-state index >= 15 is 0 Å². The summed E-state index contributed by atoms with van der Waals surface area (Å²) in [6.45, 7) is 3.78. The molecule has 8 heteroatoms. The van der Waals surface area contributed by atoms with E-state index in [2.05, 4.69) is 10.3 Å². The van der Waals surface area contributed by atoms with Crippen LogP contribution in [0.5, 0.6) is 0 Å². The van der Waals surface area contributed by atoms with Crippen molar-refractivity contribution in [3.05, 3.63) is 40.4 Å². The van der Waals surface area contributed by atoms with Gasteiger partial charge in [0.1, 0.15) is 0 Å². The minimum absolute atomic E-state index is 0.139. The molecule has 2 aromatic rings. The third kappa shape index (κ3) is 3.09. The normalized spacial score (nSPS) is 17.2. The number of thiazole rings is 1. The van der Waals surface area contributed by atoms with Crippen LogP contribution in [0.1, 0.15) is 27.7 Å². The number of carbonyl (C=O) groups is 1. The van der Waals surface area contributed by atoms with E-state index in [0.717, 1.165) is 10.4 Å². The SMILES string of the molecule is Cc1cnc(NC(=O)c2ccc3c(c2)CC(C)N3S(C)(=O)=O)s1. The van der Waals surface area contributed by atoms with Gasteiger partial charge in [-0.2, -0.15) is 0 Å². The highest BCUT2D eigenvalue weighted by atomic mass is 32.2. The summed E-state index contributed by atoms with van der Waals surface area (Å²) in [7, 11) is -3.32. The first-order chi connectivity index (χ1) is 10.8. The van der Waals surface area contributed by atoms with Gasteiger partial charge in [-0.1, -0.05) is 0 Å². The quantitative estimate of drug-likeness (QED) is 0.921. The number of aryl methyl sites for hydroxylation is 1. The molecule has 0 bridgehead atoms. The Hall–Kier alpha value is -1.93. The lowest BCUT2D eigenvalue weighted by atomic mass is 10.1. The Kier molecular flexibility index (Phi) is 3.89. The smallest absolute Gasteiger partial charge is 0.257 e. The van der Waals surface area contributed by atoms with Crippen LogP contribution in [-0.4, -0.2) is 31.6 Å². The number of sulfonamides is 1. The van der Waals surface area contributed by atoms with E-state index in [9.17, 15) is 13.2 Å². The van der Waals surface area contributed by atoms with Crippen molar-refractivity contribution in [1.82, 2.24) is 4.98 Å². The fraction of sp³-hybridized carbons (Fsp3) is 0.333. The van der Waals surface area contributed by atoms with Crippen LogP contribution in [0.3, 0.4) is 0 Å². The number of fused-ring (bicyclic) bond motifs is 1. The summed E-state index contributed by atoms with van der Waals surface area (Å²) >= 11 is 1.41. The van der Waals surface area contributed by atoms with Crippen LogP contribution in [0.15, 0.2) is 24.4 Å². The van der Waals surface area contributed by atoms with E-state index in [-0.39, 0.29) is 11.9 Å². The lowest BCUT2D eigenvalue weighted by Crippen LogP contribution is -2.34. The Morgan fingerprint density at radius 2 is 2.17 bits per heavy atom. The molecule has 1 aromatic carbocycles. The predicted octanol–water partition coefficient (Wildman–Crippen LogP) is 2.41. The summed E-state index contributed by atoms with van der Waals surface area (Å²) in [5.74, 6) is -0.243. The molecule has 1 aliphatic rings. The van der Waals surface area contributed by atoms with Crippen molar-refractivity contribution < 1.29 is 13.2 Å². The second kappa shape index (κ2) is 5.61. The Morgan fingerprint density at radius 1 is 1.43 bits per heavy atom. The summed E-state index contributed by atoms with van der Waals surface area (Å²) in [4.78, 5) is 17.4. The Bertz CT molecular complexity index is 874. The molecule has 1 aromatic heterocycles. The monoisotopic (exact) mass is 351 g/mol. The van der Waals surface area contributed by atoms with Crippen molar-refractivity contribution in [1.29, 1.82) is 0 Å². The molecule has 23 heavy (non-hydrogen) atoms. The maximum absolute atomic E-state index is 12.3. The first-order valence-corrected chi connectivity index (χ1v) is 9.78. The highest BCUT2D eigenvalue weighted by Gasteiger charge is 2.32. The molecule has 1 amide bonds. The van der Waals surface area contributed by atoms with Crippen LogP contribution in [0.2, 0.25) is 0 Å². The molecular formula is C15H17N3O3S2. The molecule has 1 atom stereocenters. The van der Waals surface area contributed by atoms with E-state index in [4.69, 9.17) is 0 Å². The van der Waals surface area contributed by atoms with E-state index in [1.54, 1.807) is 24.4 Å². The number of aromatic nitrogens is 1. The van der Waals surface area contributed by atoms with Gasteiger partial charge in [-0.15, -0.1) is 11.3 Å². The standard InChI is InChI=1S/C15H17N3O3S2/c1-9-6-12-7-11(4-5-13(12)18(9)23(3,20)21)14(19)17-15-16-8-10(2)22-15/h4-5,7-9H,6H2,1-3H3,(H,16,17,19). The molecular weight excluding hydrogens is 334 g/mol. The Balaban J connectivity index is 1.88. The van der Waals surface area contributed by atoms with Crippen LogP contribution in [-0.2, 0) is 16.4 Å². The van der Waals surface area contributed by atoms with Gasteiger partial charge < -0.3 is 0 Å². The first kappa shape index (κ1) is 15.9. The molecule has 1 N–H and O–H groups in total. The molecule has 6 nitrogen and oxygen atoms in total. The van der Waals surface area contributed by atoms with Crippen molar-refractivity contribution in [3.63, 3.8) is 0 Å². The molecule has 0 saturated heterocycles. The molecule has 3 rings (SSSR count). The van der Waals surface area contributed by atoms with Gasteiger partial charge in [0.05, 0.1) is 11.9 Å². The van der Waals surface area contributed by atoms with Crippen molar-refractivity contribution in [2.75, 3.05) is 15.9 Å². The van der Waals surface area contributed by atoms with Gasteiger partial charge in [0.2, 0.25) is 10.0 Å². The summed E-state index contributed by atoms with van der Waals surface area (Å²) in [6, 6.07) is 4.96. The molecule has 0 aliphatic carbocycles. The summed E-state index contributed by atoms with van der Waals surface area (Å²) in [5, 5.41) is 3.31. The molecule has 0 radical (unpaired) electrons. The van der Waals surface area contributed by atoms with E-state index < -0.39 is 10.0 Å². The molecule has 2 heterocycles. The zero-order chi connectivity index (χ0) is 16.8. The largest absolute Gasteiger partial charge is 0.298 e. The fourth-order valence-corrected chi connectivity index (χ4v) is 4.75. The lowest BCUT2D eigenvalue weighted by molar-refractivity contribution is 0.102. The highest BCUT2D eigenvalue weighted by molar-refractivity contribution is 7.92. The van der Waals surface area contributed by atoms with Crippen LogP contribution in [0, 0.1) is 6.92 Å². The number of anilines is 2. The zero-order valence-corrected chi connectivity index (χ0v) is 14.7. The average Bonchev–Trinajstić information content (AvgIpc) is 2.99. The molecule has 1 unspecified atom stereocenters. The maximum atomic E-state index is 12.3. The number of benzene rings is 1. The fourth-order valence-electron chi connectivity index (χ4n) is 2.83. The second-order valence-corrected chi connectivity index (χ2v) is 8.78. The number of nitrogens with one attached hydrogen (secondary N) is 1. The van der Waals surface area contributed by atoms with Crippen LogP contribution in [0.4, 0.5) is 10.8 Å². The first-order valence-electron chi connectivity index (χ1n) is 7.12. The van der Waals surface area contributed by atoms with Crippen molar-refractivity contribution >= 4 is 38.1 Å². The van der Waals surface area contributed by atoms with Gasteiger partial charge in [0, 0.05) is 22.7 Å². The number of nitrogens with zero attached hydrogens (tertiary/aromatic N) is 2. The van der Waals surface area contributed by atoms with E-state index in [1.807, 2.05) is 13.8 Å². The van der Waals surface area contributed by atoms with Crippen LogP contribution >= 0.6 is 11.3 Å². The van der Waals surface area contributed by atoms with Crippen molar-refractivity contribution in [2.45, 2.75) is 26.3 Å². The molecule has 0 fully saturated rings. The number of hydrogen-bond acceptors (Lipinski definition) is 5. The highest BCUT2D eigenvalue weighted by Crippen LogP contribution is 2.34. The summed E-state index contributed by atoms with van der Waals surface area (Å²) in [5.41, 5.74) is 2.02. The number of carbonyl (C=O) groups excluding carboxylic acids is 1. The molecule has 122 valence electrons. The number of amides is 1. The molecule has 0 spiro atoms. The Morgan fingerprint density at radius 3 is 2.78 bits per heavy atom. The maximum Gasteiger partial charge on any atom is 0.257 e.